The quantitative estimate of drug-likeness (QED) is 0.579. The molecule has 0 aliphatic rings. The molecule has 0 unspecified atom stereocenters. The minimum absolute atomic E-state index is 0.429. The Hall–Kier alpha value is -3.72. The Morgan fingerprint density at radius 3 is 2.72 bits per heavy atom. The van der Waals surface area contributed by atoms with E-state index in [-0.39, 0.29) is 0 Å². The summed E-state index contributed by atoms with van der Waals surface area (Å²) >= 11 is 0. The molecule has 4 rings (SSSR count). The van der Waals surface area contributed by atoms with E-state index in [1.807, 2.05) is 48.1 Å². The molecule has 0 aliphatic heterocycles. The molecule has 0 aliphatic carbocycles. The van der Waals surface area contributed by atoms with Crippen molar-refractivity contribution < 1.29 is 0 Å². The van der Waals surface area contributed by atoms with Crippen LogP contribution in [0.2, 0.25) is 0 Å². The summed E-state index contributed by atoms with van der Waals surface area (Å²) in [5.74, 6) is 0.477. The van der Waals surface area contributed by atoms with Crippen molar-refractivity contribution in [3.8, 4) is 17.3 Å². The maximum absolute atomic E-state index is 9.37. The maximum Gasteiger partial charge on any atom is 0.245 e. The number of rotatable bonds is 3. The fourth-order valence-corrected chi connectivity index (χ4v) is 2.66. The van der Waals surface area contributed by atoms with Gasteiger partial charge in [0, 0.05) is 12.6 Å². The van der Waals surface area contributed by atoms with E-state index in [1.54, 1.807) is 29.7 Å². The fraction of sp³-hybridized carbons (Fsp3) is 0.0526. The van der Waals surface area contributed by atoms with Gasteiger partial charge in [0.25, 0.3) is 0 Å². The third-order valence-electron chi connectivity index (χ3n) is 3.94. The fourth-order valence-electron chi connectivity index (χ4n) is 2.66. The molecular formula is C19H13N6. The van der Waals surface area contributed by atoms with Crippen molar-refractivity contribution in [2.75, 3.05) is 12.1 Å². The highest BCUT2D eigenvalue weighted by Crippen LogP contribution is 2.23. The molecule has 0 bridgehead atoms. The lowest BCUT2D eigenvalue weighted by Gasteiger charge is -2.19. The van der Waals surface area contributed by atoms with E-state index in [0.717, 1.165) is 16.6 Å². The molecule has 2 aromatic carbocycles. The number of hydrogen-bond donors (Lipinski definition) is 0. The van der Waals surface area contributed by atoms with Crippen LogP contribution in [0.25, 0.3) is 22.3 Å². The van der Waals surface area contributed by atoms with E-state index < -0.39 is 0 Å². The Morgan fingerprint density at radius 2 is 1.92 bits per heavy atom. The first-order chi connectivity index (χ1) is 12.3. The number of nitriles is 1. The lowest BCUT2D eigenvalue weighted by atomic mass is 10.1. The van der Waals surface area contributed by atoms with Gasteiger partial charge in [-0.1, -0.05) is 36.4 Å². The van der Waals surface area contributed by atoms with Gasteiger partial charge in [0.15, 0.2) is 0 Å². The zero-order valence-corrected chi connectivity index (χ0v) is 13.5. The molecule has 0 spiro atoms. The predicted octanol–water partition coefficient (Wildman–Crippen LogP) is 3.06. The minimum Gasteiger partial charge on any atom is -0.249 e. The maximum atomic E-state index is 9.37. The monoisotopic (exact) mass is 325 g/mol. The van der Waals surface area contributed by atoms with Gasteiger partial charge < -0.3 is 0 Å². The standard InChI is InChI=1S/C19H13N6/c1-24(25-13-22-16-9-5-6-10-17(16)25)19-21-12-15(11-20)18(23-19)14-7-3-2-4-8-14/h3-10,12-13H,1H3. The van der Waals surface area contributed by atoms with Crippen LogP contribution < -0.4 is 5.01 Å². The topological polar surface area (TPSA) is 70.6 Å². The van der Waals surface area contributed by atoms with Crippen molar-refractivity contribution >= 4 is 17.0 Å². The number of fused-ring (bicyclic) bond motifs is 1. The van der Waals surface area contributed by atoms with Crippen molar-refractivity contribution in [3.05, 3.63) is 72.7 Å². The van der Waals surface area contributed by atoms with Gasteiger partial charge in [0.1, 0.15) is 12.4 Å². The summed E-state index contributed by atoms with van der Waals surface area (Å²) in [5, 5.41) is 11.2. The van der Waals surface area contributed by atoms with Gasteiger partial charge in [-0.15, -0.1) is 0 Å². The summed E-state index contributed by atoms with van der Waals surface area (Å²) in [6.45, 7) is 0. The summed E-state index contributed by atoms with van der Waals surface area (Å²) in [6, 6.07) is 20.3. The lowest BCUT2D eigenvalue weighted by molar-refractivity contribution is 0.763. The van der Waals surface area contributed by atoms with Crippen LogP contribution in [0.4, 0.5) is 5.95 Å². The smallest absolute Gasteiger partial charge is 0.245 e. The second-order valence-corrected chi connectivity index (χ2v) is 5.43. The van der Waals surface area contributed by atoms with Gasteiger partial charge in [-0.25, -0.2) is 24.6 Å². The minimum atomic E-state index is 0.429. The first kappa shape index (κ1) is 14.8. The molecule has 0 amide bonds. The Morgan fingerprint density at radius 1 is 1.12 bits per heavy atom. The van der Waals surface area contributed by atoms with Gasteiger partial charge >= 0.3 is 0 Å². The van der Waals surface area contributed by atoms with Crippen molar-refractivity contribution in [1.29, 1.82) is 5.26 Å². The molecule has 0 N–H and O–H groups in total. The number of aromatic nitrogens is 4. The number of nitrogens with zero attached hydrogens (tertiary/aromatic N) is 6. The molecule has 2 heterocycles. The molecule has 25 heavy (non-hydrogen) atoms. The van der Waals surface area contributed by atoms with Crippen molar-refractivity contribution in [2.45, 2.75) is 0 Å². The summed E-state index contributed by atoms with van der Waals surface area (Å²) in [4.78, 5) is 13.3. The summed E-state index contributed by atoms with van der Waals surface area (Å²) in [7, 11) is 1.86. The molecule has 1 radical (unpaired) electrons. The molecule has 0 saturated heterocycles. The average molecular weight is 325 g/mol. The summed E-state index contributed by atoms with van der Waals surface area (Å²) in [5.41, 5.74) is 3.72. The third kappa shape index (κ3) is 2.58. The van der Waals surface area contributed by atoms with Crippen molar-refractivity contribution in [2.24, 2.45) is 0 Å². The Bertz CT molecular complexity index is 1080. The first-order valence-corrected chi connectivity index (χ1v) is 7.67. The molecule has 2 aromatic heterocycles. The zero-order valence-electron chi connectivity index (χ0n) is 13.5. The van der Waals surface area contributed by atoms with Crippen LogP contribution >= 0.6 is 0 Å². The molecule has 0 atom stereocenters. The molecule has 119 valence electrons. The van der Waals surface area contributed by atoms with Gasteiger partial charge in [-0.3, -0.25) is 0 Å². The van der Waals surface area contributed by atoms with Crippen LogP contribution in [0.5, 0.6) is 0 Å². The molecular weight excluding hydrogens is 312 g/mol. The highest BCUT2D eigenvalue weighted by Gasteiger charge is 2.14. The van der Waals surface area contributed by atoms with Crippen LogP contribution in [-0.2, 0) is 0 Å². The van der Waals surface area contributed by atoms with E-state index in [4.69, 9.17) is 0 Å². The largest absolute Gasteiger partial charge is 0.249 e. The number of hydrogen-bond acceptors (Lipinski definition) is 5. The van der Waals surface area contributed by atoms with E-state index in [2.05, 4.69) is 27.1 Å². The SMILES string of the molecule is CN(c1ncc(C#N)c(-c2cc[c]cc2)n1)n1cnc2ccccc21. The van der Waals surface area contributed by atoms with E-state index in [1.165, 1.54) is 0 Å². The Labute approximate surface area is 144 Å². The van der Waals surface area contributed by atoms with Gasteiger partial charge in [-0.05, 0) is 18.2 Å². The van der Waals surface area contributed by atoms with Crippen LogP contribution in [0.1, 0.15) is 5.56 Å². The molecule has 6 heteroatoms. The van der Waals surface area contributed by atoms with Gasteiger partial charge in [0.05, 0.1) is 28.5 Å². The summed E-state index contributed by atoms with van der Waals surface area (Å²) < 4.78 is 1.87. The molecule has 0 fully saturated rings. The zero-order chi connectivity index (χ0) is 17.2. The van der Waals surface area contributed by atoms with Crippen molar-refractivity contribution in [3.63, 3.8) is 0 Å². The van der Waals surface area contributed by atoms with Gasteiger partial charge in [0.2, 0.25) is 5.95 Å². The number of anilines is 1. The van der Waals surface area contributed by atoms with Crippen LogP contribution in [0.3, 0.4) is 0 Å². The number of para-hydroxylation sites is 2. The third-order valence-corrected chi connectivity index (χ3v) is 3.94. The summed E-state index contributed by atoms with van der Waals surface area (Å²) in [6.07, 6.45) is 3.27. The lowest BCUT2D eigenvalue weighted by Crippen LogP contribution is -2.25. The molecule has 4 aromatic rings. The molecule has 0 saturated carbocycles. The van der Waals surface area contributed by atoms with E-state index in [9.17, 15) is 5.26 Å². The first-order valence-electron chi connectivity index (χ1n) is 7.67. The average Bonchev–Trinajstić information content (AvgIpc) is 3.11. The van der Waals surface area contributed by atoms with E-state index in [0.29, 0.717) is 17.2 Å². The highest BCUT2D eigenvalue weighted by atomic mass is 15.6. The van der Waals surface area contributed by atoms with Gasteiger partial charge in [-0.2, -0.15) is 5.26 Å². The second-order valence-electron chi connectivity index (χ2n) is 5.43. The van der Waals surface area contributed by atoms with Crippen LogP contribution in [-0.4, -0.2) is 26.7 Å². The van der Waals surface area contributed by atoms with Crippen molar-refractivity contribution in [1.82, 2.24) is 19.6 Å². The normalized spacial score (nSPS) is 10.6. The van der Waals surface area contributed by atoms with Crippen LogP contribution in [0, 0.1) is 17.4 Å². The predicted molar refractivity (Wildman–Crippen MR) is 94.6 cm³/mol. The Kier molecular flexibility index (Phi) is 3.60. The molecule has 6 nitrogen and oxygen atoms in total. The Balaban J connectivity index is 1.82. The highest BCUT2D eigenvalue weighted by molar-refractivity contribution is 5.76. The number of benzene rings is 2. The van der Waals surface area contributed by atoms with Crippen LogP contribution in [0.15, 0.2) is 61.1 Å². The van der Waals surface area contributed by atoms with E-state index >= 15 is 0 Å². The second kappa shape index (κ2) is 6.06. The number of imidazole rings is 1.